The summed E-state index contributed by atoms with van der Waals surface area (Å²) >= 11 is 0. The van der Waals surface area contributed by atoms with Gasteiger partial charge in [0.25, 0.3) is 5.56 Å². The molecular formula is C28H36N4O4. The van der Waals surface area contributed by atoms with Crippen molar-refractivity contribution in [3.8, 4) is 5.75 Å². The van der Waals surface area contributed by atoms with Crippen molar-refractivity contribution in [2.45, 2.75) is 32.1 Å². The van der Waals surface area contributed by atoms with Crippen LogP contribution < -0.4 is 10.3 Å². The number of aromatic nitrogens is 1. The zero-order valence-corrected chi connectivity index (χ0v) is 21.3. The van der Waals surface area contributed by atoms with Crippen molar-refractivity contribution in [3.63, 3.8) is 0 Å². The third kappa shape index (κ3) is 4.17. The van der Waals surface area contributed by atoms with E-state index < -0.39 is 6.04 Å². The molecule has 2 fully saturated rings. The lowest BCUT2D eigenvalue weighted by atomic mass is 9.88. The largest absolute Gasteiger partial charge is 0.496 e. The quantitative estimate of drug-likeness (QED) is 0.663. The number of para-hydroxylation sites is 1. The molecule has 2 saturated heterocycles. The summed E-state index contributed by atoms with van der Waals surface area (Å²) in [5.74, 6) is 0.554. The van der Waals surface area contributed by atoms with Crippen LogP contribution in [0.15, 0.2) is 47.3 Å². The standard InChI is InChI=1S/C28H36N4O4/c1-4-7-19-10-11-23-25-21(17-31(23)27(19)34)22(18-33)26(28(35)30-14-12-29(2)13-15-30)32(25)16-20-8-5-6-9-24(20)36-3/h4-11,21-22,25-26,33H,12-18H2,1-3H3/b7-4+/t21-,22-,25+,26-/m0/s1. The van der Waals surface area contributed by atoms with Crippen LogP contribution in [-0.4, -0.2) is 83.3 Å². The first-order chi connectivity index (χ1) is 17.5. The van der Waals surface area contributed by atoms with Crippen LogP contribution in [0.5, 0.6) is 5.75 Å². The number of carbonyl (C=O) groups is 1. The maximum atomic E-state index is 14.0. The lowest BCUT2D eigenvalue weighted by Gasteiger charge is -2.38. The number of methoxy groups -OCH3 is 1. The lowest BCUT2D eigenvalue weighted by Crippen LogP contribution is -2.55. The first-order valence-electron chi connectivity index (χ1n) is 12.8. The highest BCUT2D eigenvalue weighted by Gasteiger charge is 2.56. The van der Waals surface area contributed by atoms with E-state index in [4.69, 9.17) is 4.74 Å². The molecule has 1 aromatic heterocycles. The maximum Gasteiger partial charge on any atom is 0.258 e. The number of aliphatic hydroxyl groups excluding tert-OH is 1. The van der Waals surface area contributed by atoms with Crippen LogP contribution >= 0.6 is 0 Å². The number of aliphatic hydroxyl groups is 1. The van der Waals surface area contributed by atoms with Crippen molar-refractivity contribution in [2.75, 3.05) is 46.9 Å². The second kappa shape index (κ2) is 10.2. The first kappa shape index (κ1) is 24.7. The molecule has 1 N–H and O–H groups in total. The van der Waals surface area contributed by atoms with Gasteiger partial charge in [0.1, 0.15) is 5.75 Å². The van der Waals surface area contributed by atoms with Gasteiger partial charge >= 0.3 is 0 Å². The molecule has 8 nitrogen and oxygen atoms in total. The van der Waals surface area contributed by atoms with Gasteiger partial charge in [0.05, 0.1) is 19.2 Å². The number of ether oxygens (including phenoxy) is 1. The molecule has 0 radical (unpaired) electrons. The molecule has 4 atom stereocenters. The Balaban J connectivity index is 1.58. The fourth-order valence-electron chi connectivity index (χ4n) is 6.33. The zero-order valence-electron chi connectivity index (χ0n) is 21.3. The van der Waals surface area contributed by atoms with Crippen LogP contribution in [0.2, 0.25) is 0 Å². The molecular weight excluding hydrogens is 456 g/mol. The molecule has 2 aromatic rings. The average molecular weight is 493 g/mol. The Morgan fingerprint density at radius 2 is 1.89 bits per heavy atom. The Kier molecular flexibility index (Phi) is 7.01. The average Bonchev–Trinajstić information content (AvgIpc) is 3.41. The lowest BCUT2D eigenvalue weighted by molar-refractivity contribution is -0.140. The number of likely N-dealkylation sites (N-methyl/N-ethyl adjacent to an activating group) is 1. The van der Waals surface area contributed by atoms with E-state index in [0.717, 1.165) is 30.1 Å². The molecule has 0 unspecified atom stereocenters. The number of pyridine rings is 1. The van der Waals surface area contributed by atoms with Crippen LogP contribution in [0, 0.1) is 11.8 Å². The third-order valence-electron chi connectivity index (χ3n) is 8.18. The zero-order chi connectivity index (χ0) is 25.4. The van der Waals surface area contributed by atoms with E-state index in [9.17, 15) is 14.7 Å². The van der Waals surface area contributed by atoms with Crippen molar-refractivity contribution >= 4 is 12.0 Å². The molecule has 8 heteroatoms. The van der Waals surface area contributed by atoms with Crippen molar-refractivity contribution < 1.29 is 14.6 Å². The van der Waals surface area contributed by atoms with Crippen LogP contribution in [-0.2, 0) is 17.9 Å². The van der Waals surface area contributed by atoms with Gasteiger partial charge < -0.3 is 24.2 Å². The molecule has 1 amide bonds. The summed E-state index contributed by atoms with van der Waals surface area (Å²) in [6.45, 7) is 5.85. The van der Waals surface area contributed by atoms with Gasteiger partial charge in [-0.3, -0.25) is 14.5 Å². The van der Waals surface area contributed by atoms with E-state index in [2.05, 4.69) is 16.8 Å². The molecule has 3 aliphatic heterocycles. The van der Waals surface area contributed by atoms with E-state index in [1.54, 1.807) is 7.11 Å². The summed E-state index contributed by atoms with van der Waals surface area (Å²) in [6, 6.07) is 11.2. The molecule has 1 aromatic carbocycles. The summed E-state index contributed by atoms with van der Waals surface area (Å²) in [7, 11) is 3.73. The predicted octanol–water partition coefficient (Wildman–Crippen LogP) is 1.83. The number of hydrogen-bond acceptors (Lipinski definition) is 6. The SMILES string of the molecule is C/C=C/c1ccc2n(c1=O)C[C@H]1[C@H](CO)[C@@H](C(=O)N3CCN(C)CC3)N(Cc3ccccc3OC)[C@@H]21. The minimum Gasteiger partial charge on any atom is -0.496 e. The second-order valence-corrected chi connectivity index (χ2v) is 10.1. The number of fused-ring (bicyclic) bond motifs is 3. The Morgan fingerprint density at radius 1 is 1.14 bits per heavy atom. The highest BCUT2D eigenvalue weighted by atomic mass is 16.5. The molecule has 192 valence electrons. The van der Waals surface area contributed by atoms with Crippen LogP contribution in [0.4, 0.5) is 0 Å². The first-order valence-corrected chi connectivity index (χ1v) is 12.8. The molecule has 0 bridgehead atoms. The van der Waals surface area contributed by atoms with Crippen LogP contribution in [0.1, 0.15) is 29.8 Å². The summed E-state index contributed by atoms with van der Waals surface area (Å²) in [6.07, 6.45) is 3.70. The van der Waals surface area contributed by atoms with Gasteiger partial charge in [-0.25, -0.2) is 0 Å². The number of likely N-dealkylation sites (tertiary alicyclic amines) is 1. The molecule has 0 spiro atoms. The van der Waals surface area contributed by atoms with Crippen LogP contribution in [0.25, 0.3) is 6.08 Å². The van der Waals surface area contributed by atoms with Gasteiger partial charge in [-0.1, -0.05) is 30.4 Å². The van der Waals surface area contributed by atoms with E-state index in [1.165, 1.54) is 0 Å². The number of nitrogens with zero attached hydrogens (tertiary/aromatic N) is 4. The van der Waals surface area contributed by atoms with Gasteiger partial charge in [0.2, 0.25) is 5.91 Å². The smallest absolute Gasteiger partial charge is 0.258 e. The third-order valence-corrected chi connectivity index (χ3v) is 8.18. The number of carbonyl (C=O) groups excluding carboxylic acids is 1. The van der Waals surface area contributed by atoms with Gasteiger partial charge in [0, 0.05) is 74.5 Å². The molecule has 3 aliphatic rings. The Hall–Kier alpha value is -2.94. The van der Waals surface area contributed by atoms with Gasteiger partial charge in [-0.2, -0.15) is 0 Å². The molecule has 4 heterocycles. The molecule has 36 heavy (non-hydrogen) atoms. The number of rotatable bonds is 6. The van der Waals surface area contributed by atoms with Crippen molar-refractivity contribution in [2.24, 2.45) is 11.8 Å². The van der Waals surface area contributed by atoms with E-state index in [-0.39, 0.29) is 36.0 Å². The number of allylic oxidation sites excluding steroid dienone is 1. The second-order valence-electron chi connectivity index (χ2n) is 10.1. The van der Waals surface area contributed by atoms with E-state index >= 15 is 0 Å². The minimum atomic E-state index is -0.461. The number of piperazine rings is 1. The summed E-state index contributed by atoms with van der Waals surface area (Å²) in [5, 5.41) is 10.6. The monoisotopic (exact) mass is 492 g/mol. The van der Waals surface area contributed by atoms with Gasteiger partial charge in [-0.15, -0.1) is 0 Å². The van der Waals surface area contributed by atoms with E-state index in [0.29, 0.717) is 31.7 Å². The Morgan fingerprint density at radius 3 is 2.58 bits per heavy atom. The fraction of sp³-hybridized carbons (Fsp3) is 0.500. The predicted molar refractivity (Wildman–Crippen MR) is 139 cm³/mol. The Labute approximate surface area is 212 Å². The van der Waals surface area contributed by atoms with E-state index in [1.807, 2.05) is 64.9 Å². The normalized spacial score (nSPS) is 26.4. The number of amides is 1. The summed E-state index contributed by atoms with van der Waals surface area (Å²) in [5.41, 5.74) is 2.54. The summed E-state index contributed by atoms with van der Waals surface area (Å²) < 4.78 is 7.48. The van der Waals surface area contributed by atoms with Gasteiger partial charge in [-0.05, 0) is 32.2 Å². The molecule has 5 rings (SSSR count). The minimum absolute atomic E-state index is 0.0177. The molecule has 0 aliphatic carbocycles. The number of benzene rings is 1. The fourth-order valence-corrected chi connectivity index (χ4v) is 6.33. The number of hydrogen-bond donors (Lipinski definition) is 1. The van der Waals surface area contributed by atoms with Crippen molar-refractivity contribution in [1.29, 1.82) is 0 Å². The maximum absolute atomic E-state index is 14.0. The van der Waals surface area contributed by atoms with Crippen molar-refractivity contribution in [1.82, 2.24) is 19.3 Å². The van der Waals surface area contributed by atoms with Gasteiger partial charge in [0.15, 0.2) is 0 Å². The summed E-state index contributed by atoms with van der Waals surface area (Å²) in [4.78, 5) is 33.7. The van der Waals surface area contributed by atoms with Crippen LogP contribution in [0.3, 0.4) is 0 Å². The highest BCUT2D eigenvalue weighted by Crippen LogP contribution is 2.50. The molecule has 0 saturated carbocycles. The highest BCUT2D eigenvalue weighted by molar-refractivity contribution is 5.83. The Bertz CT molecular complexity index is 1200. The topological polar surface area (TPSA) is 78.2 Å². The van der Waals surface area contributed by atoms with Crippen molar-refractivity contribution in [3.05, 3.63) is 69.6 Å².